The van der Waals surface area contributed by atoms with Crippen molar-refractivity contribution in [3.05, 3.63) is 34.9 Å². The smallest absolute Gasteiger partial charge is 0.275 e. The minimum Gasteiger partial charge on any atom is -0.277 e. The molecule has 0 atom stereocenters. The molecule has 0 bridgehead atoms. The normalized spacial score (nSPS) is 16.6. The van der Waals surface area contributed by atoms with Crippen LogP contribution in [-0.4, -0.2) is 13.0 Å². The maximum atomic E-state index is 12.0. The van der Waals surface area contributed by atoms with E-state index in [-0.39, 0.29) is 5.91 Å². The van der Waals surface area contributed by atoms with Crippen LogP contribution < -0.4 is 5.48 Å². The van der Waals surface area contributed by atoms with Crippen molar-refractivity contribution in [2.45, 2.75) is 44.9 Å². The van der Waals surface area contributed by atoms with Gasteiger partial charge in [-0.1, -0.05) is 37.0 Å². The van der Waals surface area contributed by atoms with Crippen LogP contribution >= 0.6 is 0 Å². The summed E-state index contributed by atoms with van der Waals surface area (Å²) in [5, 5.41) is 0. The minimum atomic E-state index is -0.141. The van der Waals surface area contributed by atoms with Gasteiger partial charge in [-0.15, -0.1) is 0 Å². The largest absolute Gasteiger partial charge is 0.277 e. The molecule has 1 aromatic carbocycles. The number of aryl methyl sites for hydroxylation is 1. The summed E-state index contributed by atoms with van der Waals surface area (Å²) in [5.41, 5.74) is 5.58. The van der Waals surface area contributed by atoms with Crippen molar-refractivity contribution < 1.29 is 9.63 Å². The van der Waals surface area contributed by atoms with Gasteiger partial charge in [-0.2, -0.15) is 0 Å². The zero-order chi connectivity index (χ0) is 13.0. The van der Waals surface area contributed by atoms with E-state index in [1.165, 1.54) is 50.3 Å². The molecule has 1 aliphatic carbocycles. The maximum absolute atomic E-state index is 12.0. The monoisotopic (exact) mass is 247 g/mol. The van der Waals surface area contributed by atoms with Crippen LogP contribution in [0.5, 0.6) is 0 Å². The summed E-state index contributed by atoms with van der Waals surface area (Å²) < 4.78 is 0. The Morgan fingerprint density at radius 2 is 2.00 bits per heavy atom. The highest BCUT2D eigenvalue weighted by molar-refractivity contribution is 5.95. The number of hydrogen-bond donors (Lipinski definition) is 1. The molecule has 1 amide bonds. The van der Waals surface area contributed by atoms with Gasteiger partial charge in [0, 0.05) is 5.56 Å². The van der Waals surface area contributed by atoms with Gasteiger partial charge in [-0.05, 0) is 37.3 Å². The summed E-state index contributed by atoms with van der Waals surface area (Å²) in [5.74, 6) is 0.384. The van der Waals surface area contributed by atoms with E-state index in [9.17, 15) is 4.79 Å². The van der Waals surface area contributed by atoms with E-state index in [0.717, 1.165) is 5.56 Å². The molecule has 98 valence electrons. The van der Waals surface area contributed by atoms with Crippen LogP contribution in [0.15, 0.2) is 18.2 Å². The lowest BCUT2D eigenvalue weighted by Crippen LogP contribution is -2.24. The third-order valence-corrected chi connectivity index (χ3v) is 3.69. The van der Waals surface area contributed by atoms with Gasteiger partial charge in [0.15, 0.2) is 0 Å². The molecule has 0 radical (unpaired) electrons. The number of hydrogen-bond acceptors (Lipinski definition) is 2. The van der Waals surface area contributed by atoms with Crippen molar-refractivity contribution in [1.82, 2.24) is 5.48 Å². The Kier molecular flexibility index (Phi) is 4.37. The van der Waals surface area contributed by atoms with Crippen LogP contribution in [0, 0.1) is 6.92 Å². The first-order chi connectivity index (χ1) is 8.72. The van der Waals surface area contributed by atoms with Crippen molar-refractivity contribution >= 4 is 5.91 Å². The lowest BCUT2D eigenvalue weighted by Gasteiger charge is -2.24. The zero-order valence-corrected chi connectivity index (χ0v) is 11.2. The molecule has 0 spiro atoms. The van der Waals surface area contributed by atoms with Crippen LogP contribution in [0.25, 0.3) is 0 Å². The summed E-state index contributed by atoms with van der Waals surface area (Å²) in [6.45, 7) is 2.07. The van der Waals surface area contributed by atoms with Crippen molar-refractivity contribution in [1.29, 1.82) is 0 Å². The highest BCUT2D eigenvalue weighted by Gasteiger charge is 2.21. The highest BCUT2D eigenvalue weighted by Crippen LogP contribution is 2.34. The van der Waals surface area contributed by atoms with Gasteiger partial charge in [0.2, 0.25) is 0 Å². The summed E-state index contributed by atoms with van der Waals surface area (Å²) >= 11 is 0. The molecule has 1 aliphatic rings. The van der Waals surface area contributed by atoms with Crippen molar-refractivity contribution in [2.75, 3.05) is 7.11 Å². The van der Waals surface area contributed by atoms with Gasteiger partial charge in [0.1, 0.15) is 0 Å². The predicted octanol–water partition coefficient (Wildman–Crippen LogP) is 3.33. The third kappa shape index (κ3) is 2.91. The number of rotatable bonds is 3. The average Bonchev–Trinajstić information content (AvgIpc) is 2.40. The second kappa shape index (κ2) is 6.01. The van der Waals surface area contributed by atoms with E-state index in [1.807, 2.05) is 12.1 Å². The summed E-state index contributed by atoms with van der Waals surface area (Å²) in [6, 6.07) is 6.05. The lowest BCUT2D eigenvalue weighted by atomic mass is 9.81. The summed E-state index contributed by atoms with van der Waals surface area (Å²) in [6.07, 6.45) is 6.24. The summed E-state index contributed by atoms with van der Waals surface area (Å²) in [7, 11) is 1.46. The molecular weight excluding hydrogens is 226 g/mol. The number of benzene rings is 1. The zero-order valence-electron chi connectivity index (χ0n) is 11.2. The van der Waals surface area contributed by atoms with Crippen molar-refractivity contribution in [2.24, 2.45) is 0 Å². The second-order valence-electron chi connectivity index (χ2n) is 5.06. The molecule has 2 rings (SSSR count). The molecule has 0 aromatic heterocycles. The maximum Gasteiger partial charge on any atom is 0.275 e. The quantitative estimate of drug-likeness (QED) is 0.832. The number of nitrogens with one attached hydrogen (secondary N) is 1. The standard InChI is InChI=1S/C15H21NO2/c1-11-8-9-13(15(17)16-18-2)14(10-11)12-6-4-3-5-7-12/h8-10,12H,3-7H2,1-2H3,(H,16,17). The fraction of sp³-hybridized carbons (Fsp3) is 0.533. The van der Waals surface area contributed by atoms with Gasteiger partial charge in [-0.3, -0.25) is 9.63 Å². The van der Waals surface area contributed by atoms with E-state index in [2.05, 4.69) is 18.5 Å². The third-order valence-electron chi connectivity index (χ3n) is 3.69. The van der Waals surface area contributed by atoms with Crippen molar-refractivity contribution in [3.8, 4) is 0 Å². The number of carbonyl (C=O) groups excluding carboxylic acids is 1. The SMILES string of the molecule is CONC(=O)c1ccc(C)cc1C1CCCCC1. The van der Waals surface area contributed by atoms with Gasteiger partial charge < -0.3 is 0 Å². The second-order valence-corrected chi connectivity index (χ2v) is 5.06. The van der Waals surface area contributed by atoms with E-state index in [0.29, 0.717) is 5.92 Å². The Balaban J connectivity index is 2.30. The molecule has 0 unspecified atom stereocenters. The van der Waals surface area contributed by atoms with Crippen LogP contribution in [0.1, 0.15) is 59.5 Å². The Morgan fingerprint density at radius 3 is 2.67 bits per heavy atom. The van der Waals surface area contributed by atoms with E-state index >= 15 is 0 Å². The fourth-order valence-electron chi connectivity index (χ4n) is 2.79. The van der Waals surface area contributed by atoms with Gasteiger partial charge in [0.25, 0.3) is 5.91 Å². The van der Waals surface area contributed by atoms with Crippen LogP contribution in [0.3, 0.4) is 0 Å². The fourth-order valence-corrected chi connectivity index (χ4v) is 2.79. The molecule has 0 saturated heterocycles. The molecule has 1 fully saturated rings. The van der Waals surface area contributed by atoms with Crippen LogP contribution in [-0.2, 0) is 4.84 Å². The topological polar surface area (TPSA) is 38.3 Å². The van der Waals surface area contributed by atoms with E-state index < -0.39 is 0 Å². The van der Waals surface area contributed by atoms with Gasteiger partial charge in [-0.25, -0.2) is 5.48 Å². The molecule has 18 heavy (non-hydrogen) atoms. The first kappa shape index (κ1) is 13.1. The van der Waals surface area contributed by atoms with E-state index in [4.69, 9.17) is 4.84 Å². The highest BCUT2D eigenvalue weighted by atomic mass is 16.6. The number of carbonyl (C=O) groups is 1. The minimum absolute atomic E-state index is 0.141. The van der Waals surface area contributed by atoms with Crippen LogP contribution in [0.2, 0.25) is 0 Å². The van der Waals surface area contributed by atoms with Gasteiger partial charge >= 0.3 is 0 Å². The Hall–Kier alpha value is -1.35. The first-order valence-electron chi connectivity index (χ1n) is 6.66. The molecule has 1 N–H and O–H groups in total. The van der Waals surface area contributed by atoms with E-state index in [1.54, 1.807) is 0 Å². The summed E-state index contributed by atoms with van der Waals surface area (Å²) in [4.78, 5) is 16.7. The molecule has 3 heteroatoms. The molecule has 3 nitrogen and oxygen atoms in total. The van der Waals surface area contributed by atoms with Crippen molar-refractivity contribution in [3.63, 3.8) is 0 Å². The molecule has 0 heterocycles. The Morgan fingerprint density at radius 1 is 1.28 bits per heavy atom. The average molecular weight is 247 g/mol. The number of amides is 1. The molecular formula is C15H21NO2. The molecule has 0 aliphatic heterocycles. The molecule has 1 aromatic rings. The molecule has 1 saturated carbocycles. The predicted molar refractivity (Wildman–Crippen MR) is 71.5 cm³/mol. The van der Waals surface area contributed by atoms with Crippen LogP contribution in [0.4, 0.5) is 0 Å². The number of hydroxylamine groups is 1. The Labute approximate surface area is 108 Å². The Bertz CT molecular complexity index is 423. The van der Waals surface area contributed by atoms with Gasteiger partial charge in [0.05, 0.1) is 7.11 Å². The lowest BCUT2D eigenvalue weighted by molar-refractivity contribution is 0.0536. The first-order valence-corrected chi connectivity index (χ1v) is 6.66.